The number of nitrogens with zero attached hydrogens (tertiary/aromatic N) is 4. The van der Waals surface area contributed by atoms with E-state index >= 15 is 0 Å². The summed E-state index contributed by atoms with van der Waals surface area (Å²) in [6.45, 7) is 1.81. The van der Waals surface area contributed by atoms with E-state index in [0.29, 0.717) is 5.69 Å². The number of aromatic nitrogens is 3. The van der Waals surface area contributed by atoms with Crippen molar-refractivity contribution in [2.24, 2.45) is 0 Å². The molecule has 1 aromatic heterocycles. The van der Waals surface area contributed by atoms with E-state index in [0.717, 1.165) is 25.9 Å². The van der Waals surface area contributed by atoms with Gasteiger partial charge in [0.2, 0.25) is 0 Å². The second kappa shape index (κ2) is 4.39. The Kier molecular flexibility index (Phi) is 2.96. The molecule has 1 N–H and O–H groups in total. The van der Waals surface area contributed by atoms with Gasteiger partial charge >= 0.3 is 0 Å². The quantitative estimate of drug-likeness (QED) is 0.746. The molecule has 2 rings (SSSR count). The summed E-state index contributed by atoms with van der Waals surface area (Å²) in [6.07, 6.45) is 4.99. The Bertz CT molecular complexity index is 342. The number of carbonyl (C=O) groups is 1. The average molecular weight is 208 g/mol. The number of nitrogens with one attached hydrogen (secondary N) is 1. The normalized spacial score (nSPS) is 17.7. The van der Waals surface area contributed by atoms with Crippen molar-refractivity contribution in [3.63, 3.8) is 0 Å². The van der Waals surface area contributed by atoms with Crippen molar-refractivity contribution in [3.05, 3.63) is 18.9 Å². The lowest BCUT2D eigenvalue weighted by Gasteiger charge is -2.26. The molecular weight excluding hydrogens is 194 g/mol. The maximum absolute atomic E-state index is 11.6. The molecule has 1 saturated heterocycles. The van der Waals surface area contributed by atoms with Crippen molar-refractivity contribution >= 4 is 5.91 Å². The summed E-state index contributed by atoms with van der Waals surface area (Å²) in [5.74, 6) is -0.216. The van der Waals surface area contributed by atoms with Crippen molar-refractivity contribution in [2.75, 3.05) is 13.1 Å². The molecule has 0 saturated carbocycles. The summed E-state index contributed by atoms with van der Waals surface area (Å²) >= 11 is 0. The fraction of sp³-hybridized carbons (Fsp3) is 0.556. The summed E-state index contributed by atoms with van der Waals surface area (Å²) in [7, 11) is 3.52. The first-order chi connectivity index (χ1) is 7.25. The van der Waals surface area contributed by atoms with Gasteiger partial charge in [0.25, 0.3) is 5.91 Å². The lowest BCUT2D eigenvalue weighted by Crippen LogP contribution is -2.45. The van der Waals surface area contributed by atoms with Gasteiger partial charge in [0.1, 0.15) is 0 Å². The second-order valence-electron chi connectivity index (χ2n) is 3.63. The zero-order valence-electron chi connectivity index (χ0n) is 8.52. The Labute approximate surface area is 88.2 Å². The van der Waals surface area contributed by atoms with Gasteiger partial charge in [-0.15, -0.1) is 5.10 Å². The van der Waals surface area contributed by atoms with E-state index in [9.17, 15) is 4.79 Å². The van der Waals surface area contributed by atoms with Gasteiger partial charge in [0, 0.05) is 13.1 Å². The zero-order chi connectivity index (χ0) is 10.7. The molecular formula is C9H14N5O. The van der Waals surface area contributed by atoms with E-state index in [1.165, 1.54) is 17.3 Å². The van der Waals surface area contributed by atoms with Crippen molar-refractivity contribution in [2.45, 2.75) is 19.3 Å². The Morgan fingerprint density at radius 1 is 1.40 bits per heavy atom. The Hall–Kier alpha value is -1.43. The fourth-order valence-electron chi connectivity index (χ4n) is 1.61. The standard InChI is InChI=1S/C9H14N5O/c1-13-7-8(10-12-13)9(15)11-14-5-3-2-4-6-14/h7H,1-6H2,(H,11,15). The highest BCUT2D eigenvalue weighted by Gasteiger charge is 2.15. The van der Waals surface area contributed by atoms with Crippen LogP contribution in [0.5, 0.6) is 0 Å². The molecule has 1 amide bonds. The molecule has 15 heavy (non-hydrogen) atoms. The monoisotopic (exact) mass is 208 g/mol. The third-order valence-corrected chi connectivity index (χ3v) is 2.39. The predicted octanol–water partition coefficient (Wildman–Crippen LogP) is 0.0485. The van der Waals surface area contributed by atoms with Crippen LogP contribution in [0.15, 0.2) is 6.20 Å². The lowest BCUT2D eigenvalue weighted by molar-refractivity contribution is 0.0744. The van der Waals surface area contributed by atoms with E-state index in [2.05, 4.69) is 22.8 Å². The van der Waals surface area contributed by atoms with Crippen LogP contribution in [0.3, 0.4) is 0 Å². The molecule has 81 valence electrons. The number of hydrogen-bond acceptors (Lipinski definition) is 4. The Morgan fingerprint density at radius 3 is 2.73 bits per heavy atom. The molecule has 2 heterocycles. The first-order valence-electron chi connectivity index (χ1n) is 5.05. The Balaban J connectivity index is 1.91. The van der Waals surface area contributed by atoms with Gasteiger partial charge in [-0.3, -0.25) is 10.2 Å². The van der Waals surface area contributed by atoms with Gasteiger partial charge in [0.05, 0.1) is 13.2 Å². The topological polar surface area (TPSA) is 63.1 Å². The molecule has 1 fully saturated rings. The smallest absolute Gasteiger partial charge is 0.283 e. The SMILES string of the molecule is [CH2]n1cc(C(=O)NN2CCCCC2)nn1. The summed E-state index contributed by atoms with van der Waals surface area (Å²) in [5.41, 5.74) is 3.10. The molecule has 0 unspecified atom stereocenters. The van der Waals surface area contributed by atoms with Crippen molar-refractivity contribution in [1.29, 1.82) is 0 Å². The zero-order valence-corrected chi connectivity index (χ0v) is 8.52. The summed E-state index contributed by atoms with van der Waals surface area (Å²) in [6, 6.07) is 0. The molecule has 0 aliphatic carbocycles. The van der Waals surface area contributed by atoms with Crippen LogP contribution < -0.4 is 5.43 Å². The number of amides is 1. The highest BCUT2D eigenvalue weighted by molar-refractivity contribution is 5.91. The van der Waals surface area contributed by atoms with Gasteiger partial charge < -0.3 is 0 Å². The second-order valence-corrected chi connectivity index (χ2v) is 3.63. The molecule has 1 radical (unpaired) electrons. The maximum atomic E-state index is 11.6. The van der Waals surface area contributed by atoms with Crippen LogP contribution in [0.4, 0.5) is 0 Å². The van der Waals surface area contributed by atoms with Crippen LogP contribution in [-0.2, 0) is 0 Å². The number of hydrogen-bond donors (Lipinski definition) is 1. The van der Waals surface area contributed by atoms with E-state index in [4.69, 9.17) is 0 Å². The molecule has 0 bridgehead atoms. The third-order valence-electron chi connectivity index (χ3n) is 2.39. The lowest BCUT2D eigenvalue weighted by atomic mass is 10.2. The number of carbonyl (C=O) groups excluding carboxylic acids is 1. The van der Waals surface area contributed by atoms with Gasteiger partial charge in [-0.2, -0.15) is 0 Å². The van der Waals surface area contributed by atoms with Gasteiger partial charge in [0.15, 0.2) is 5.69 Å². The van der Waals surface area contributed by atoms with Gasteiger partial charge in [-0.25, -0.2) is 9.69 Å². The minimum Gasteiger partial charge on any atom is -0.283 e. The van der Waals surface area contributed by atoms with Crippen LogP contribution >= 0.6 is 0 Å². The largest absolute Gasteiger partial charge is 0.287 e. The highest BCUT2D eigenvalue weighted by atomic mass is 16.2. The average Bonchev–Trinajstić information content (AvgIpc) is 2.66. The van der Waals surface area contributed by atoms with E-state index in [-0.39, 0.29) is 5.91 Å². The van der Waals surface area contributed by atoms with Crippen LogP contribution in [0.1, 0.15) is 29.8 Å². The van der Waals surface area contributed by atoms with Gasteiger partial charge in [-0.05, 0) is 12.8 Å². The number of hydrazine groups is 1. The summed E-state index contributed by atoms with van der Waals surface area (Å²) in [5, 5.41) is 9.22. The molecule has 1 aliphatic heterocycles. The van der Waals surface area contributed by atoms with Crippen LogP contribution in [-0.4, -0.2) is 39.0 Å². The summed E-state index contributed by atoms with van der Waals surface area (Å²) in [4.78, 5) is 11.6. The van der Waals surface area contributed by atoms with Crippen LogP contribution in [0.25, 0.3) is 0 Å². The van der Waals surface area contributed by atoms with Crippen molar-refractivity contribution in [3.8, 4) is 0 Å². The minimum atomic E-state index is -0.216. The molecule has 1 aromatic rings. The van der Waals surface area contributed by atoms with Crippen molar-refractivity contribution < 1.29 is 4.79 Å². The Morgan fingerprint density at radius 2 is 2.13 bits per heavy atom. The molecule has 0 spiro atoms. The third kappa shape index (κ3) is 2.53. The summed E-state index contributed by atoms with van der Waals surface area (Å²) < 4.78 is 1.27. The van der Waals surface area contributed by atoms with Crippen molar-refractivity contribution in [1.82, 2.24) is 25.4 Å². The predicted molar refractivity (Wildman–Crippen MR) is 53.7 cm³/mol. The first kappa shape index (κ1) is 10.1. The maximum Gasteiger partial charge on any atom is 0.287 e. The minimum absolute atomic E-state index is 0.216. The first-order valence-corrected chi connectivity index (χ1v) is 5.05. The number of piperidine rings is 1. The van der Waals surface area contributed by atoms with Crippen LogP contribution in [0, 0.1) is 7.05 Å². The molecule has 6 nitrogen and oxygen atoms in total. The van der Waals surface area contributed by atoms with Crippen LogP contribution in [0.2, 0.25) is 0 Å². The van der Waals surface area contributed by atoms with E-state index < -0.39 is 0 Å². The molecule has 1 aliphatic rings. The molecule has 6 heteroatoms. The number of rotatable bonds is 2. The van der Waals surface area contributed by atoms with E-state index in [1.54, 1.807) is 0 Å². The van der Waals surface area contributed by atoms with Gasteiger partial charge in [-0.1, -0.05) is 11.6 Å². The fourth-order valence-corrected chi connectivity index (χ4v) is 1.61. The highest BCUT2D eigenvalue weighted by Crippen LogP contribution is 2.06. The molecule has 0 atom stereocenters. The van der Waals surface area contributed by atoms with E-state index in [1.807, 2.05) is 5.01 Å². The molecule has 0 aromatic carbocycles.